The van der Waals surface area contributed by atoms with Crippen LogP contribution in [0.1, 0.15) is 44.2 Å². The summed E-state index contributed by atoms with van der Waals surface area (Å²) >= 11 is 12.1. The van der Waals surface area contributed by atoms with Gasteiger partial charge in [0.15, 0.2) is 0 Å². The molecule has 1 saturated heterocycles. The van der Waals surface area contributed by atoms with Gasteiger partial charge in [-0.3, -0.25) is 14.4 Å². The Morgan fingerprint density at radius 2 is 1.78 bits per heavy atom. The van der Waals surface area contributed by atoms with Crippen molar-refractivity contribution in [3.05, 3.63) is 63.1 Å². The van der Waals surface area contributed by atoms with Crippen LogP contribution < -0.4 is 16.0 Å². The van der Waals surface area contributed by atoms with E-state index in [-0.39, 0.29) is 15.5 Å². The molecule has 0 radical (unpaired) electrons. The summed E-state index contributed by atoms with van der Waals surface area (Å²) in [7, 11) is 0. The minimum Gasteiger partial charge on any atom is -0.480 e. The molecule has 4 rings (SSSR count). The second-order valence-corrected chi connectivity index (χ2v) is 11.2. The third-order valence-corrected chi connectivity index (χ3v) is 7.28. The van der Waals surface area contributed by atoms with Crippen molar-refractivity contribution in [3.8, 4) is 0 Å². The van der Waals surface area contributed by atoms with Crippen molar-refractivity contribution in [2.75, 3.05) is 11.9 Å². The van der Waals surface area contributed by atoms with E-state index in [1.165, 1.54) is 24.3 Å². The number of carbonyl (C=O) groups excluding carboxylic acids is 2. The molecule has 2 heterocycles. The first-order valence-corrected chi connectivity index (χ1v) is 12.0. The third-order valence-electron chi connectivity index (χ3n) is 6.70. The van der Waals surface area contributed by atoms with Gasteiger partial charge in [-0.1, -0.05) is 50.0 Å². The van der Waals surface area contributed by atoms with Crippen LogP contribution in [0.5, 0.6) is 0 Å². The average molecular weight is 540 g/mol. The number of hydrogen-bond donors (Lipinski definition) is 4. The summed E-state index contributed by atoms with van der Waals surface area (Å²) in [4.78, 5) is 38.3. The summed E-state index contributed by atoms with van der Waals surface area (Å²) in [5.41, 5.74) is -0.887. The molecule has 0 aliphatic carbocycles. The fourth-order valence-corrected chi connectivity index (χ4v) is 5.77. The summed E-state index contributed by atoms with van der Waals surface area (Å²) in [6.45, 7) is 5.23. The Kier molecular flexibility index (Phi) is 6.79. The zero-order valence-corrected chi connectivity index (χ0v) is 21.2. The van der Waals surface area contributed by atoms with Gasteiger partial charge in [0.25, 0.3) is 0 Å². The van der Waals surface area contributed by atoms with Crippen LogP contribution in [0.4, 0.5) is 14.5 Å². The number of amides is 2. The number of fused-ring (bicyclic) bond motifs is 2. The molecule has 2 aromatic carbocycles. The molecule has 2 aliphatic heterocycles. The molecule has 2 aromatic rings. The number of rotatable bonds is 5. The highest BCUT2D eigenvalue weighted by Gasteiger charge is 2.66. The molecule has 1 fully saturated rings. The largest absolute Gasteiger partial charge is 0.480 e. The fourth-order valence-electron chi connectivity index (χ4n) is 5.41. The van der Waals surface area contributed by atoms with E-state index in [0.717, 1.165) is 6.07 Å². The van der Waals surface area contributed by atoms with Gasteiger partial charge >= 0.3 is 5.97 Å². The van der Waals surface area contributed by atoms with E-state index in [1.54, 1.807) is 0 Å². The molecule has 4 N–H and O–H groups in total. The summed E-state index contributed by atoms with van der Waals surface area (Å²) in [5.74, 6) is -4.82. The maximum Gasteiger partial charge on any atom is 0.322 e. The zero-order valence-electron chi connectivity index (χ0n) is 19.7. The number of hydrogen-bond acceptors (Lipinski definition) is 4. The monoisotopic (exact) mass is 539 g/mol. The summed E-state index contributed by atoms with van der Waals surface area (Å²) in [6.07, 6.45) is 0.387. The molecule has 0 bridgehead atoms. The summed E-state index contributed by atoms with van der Waals surface area (Å²) in [5, 5.41) is 17.1. The highest BCUT2D eigenvalue weighted by molar-refractivity contribution is 6.31. The minimum atomic E-state index is -1.51. The van der Waals surface area contributed by atoms with Crippen molar-refractivity contribution in [1.82, 2.24) is 10.6 Å². The summed E-state index contributed by atoms with van der Waals surface area (Å²) in [6, 6.07) is 4.58. The first-order chi connectivity index (χ1) is 16.8. The van der Waals surface area contributed by atoms with E-state index in [0.29, 0.717) is 23.2 Å². The Hall–Kier alpha value is -2.75. The number of nitrogens with one attached hydrogen (secondary N) is 3. The lowest BCUT2D eigenvalue weighted by atomic mass is 9.62. The molecule has 7 nitrogen and oxygen atoms in total. The van der Waals surface area contributed by atoms with E-state index in [2.05, 4.69) is 16.0 Å². The Bertz CT molecular complexity index is 1270. The van der Waals surface area contributed by atoms with Gasteiger partial charge in [-0.2, -0.15) is 0 Å². The van der Waals surface area contributed by atoms with Crippen molar-refractivity contribution in [2.45, 2.75) is 50.6 Å². The molecule has 2 amide bonds. The van der Waals surface area contributed by atoms with Gasteiger partial charge in [-0.25, -0.2) is 8.78 Å². The van der Waals surface area contributed by atoms with Crippen LogP contribution in [0.15, 0.2) is 30.3 Å². The van der Waals surface area contributed by atoms with Gasteiger partial charge in [0.2, 0.25) is 11.8 Å². The quantitative estimate of drug-likeness (QED) is 0.455. The zero-order chi connectivity index (χ0) is 26.6. The van der Waals surface area contributed by atoms with Gasteiger partial charge in [0, 0.05) is 17.6 Å². The van der Waals surface area contributed by atoms with E-state index in [1.807, 2.05) is 20.8 Å². The van der Waals surface area contributed by atoms with Gasteiger partial charge in [-0.05, 0) is 47.2 Å². The standard InChI is InChI=1S/C25H25Cl2F2N3O4/c1-24(2,3)9-18-25(12-7-16(29)14(27)8-17(12)31-23(25)36)20(11-4-5-15(28)13(26)6-11)21(32-18)22(35)30-10-19(33)34/h4-8,18,20-21,32H,9-10H2,1-3H3,(H,30,35)(H,31,36)(H,33,34)/t18-,20+,21-,25+/m1/s1. The van der Waals surface area contributed by atoms with Gasteiger partial charge in [-0.15, -0.1) is 0 Å². The Labute approximate surface area is 216 Å². The van der Waals surface area contributed by atoms with Crippen LogP contribution in [0.25, 0.3) is 0 Å². The molecule has 0 aromatic heterocycles. The van der Waals surface area contributed by atoms with E-state index in [4.69, 9.17) is 28.3 Å². The van der Waals surface area contributed by atoms with Crippen molar-refractivity contribution in [3.63, 3.8) is 0 Å². The van der Waals surface area contributed by atoms with Gasteiger partial charge in [0.1, 0.15) is 23.6 Å². The second-order valence-electron chi connectivity index (χ2n) is 10.4. The number of carboxylic acid groups (broad SMARTS) is 1. The van der Waals surface area contributed by atoms with E-state index < -0.39 is 59.4 Å². The van der Waals surface area contributed by atoms with Crippen molar-refractivity contribution < 1.29 is 28.3 Å². The fraction of sp³-hybridized carbons (Fsp3) is 0.400. The van der Waals surface area contributed by atoms with Crippen LogP contribution in [0, 0.1) is 17.0 Å². The Balaban J connectivity index is 1.99. The van der Waals surface area contributed by atoms with E-state index >= 15 is 0 Å². The number of halogens is 4. The molecule has 1 spiro atoms. The van der Waals surface area contributed by atoms with Crippen LogP contribution in [-0.2, 0) is 19.8 Å². The predicted octanol–water partition coefficient (Wildman–Crippen LogP) is 4.22. The van der Waals surface area contributed by atoms with Crippen molar-refractivity contribution >= 4 is 46.7 Å². The smallest absolute Gasteiger partial charge is 0.322 e. The molecule has 192 valence electrons. The molecule has 4 atom stereocenters. The molecule has 2 aliphatic rings. The minimum absolute atomic E-state index is 0.179. The Morgan fingerprint density at radius 3 is 2.39 bits per heavy atom. The SMILES string of the molecule is CC(C)(C)C[C@H]1N[C@@H](C(=O)NCC(=O)O)[C@H](c2ccc(F)c(Cl)c2)[C@@]12C(=O)Nc1cc(Cl)c(F)cc12. The third kappa shape index (κ3) is 4.44. The first-order valence-electron chi connectivity index (χ1n) is 11.3. The summed E-state index contributed by atoms with van der Waals surface area (Å²) < 4.78 is 28.9. The molecule has 0 saturated carbocycles. The highest BCUT2D eigenvalue weighted by Crippen LogP contribution is 2.57. The van der Waals surface area contributed by atoms with E-state index in [9.17, 15) is 23.2 Å². The lowest BCUT2D eigenvalue weighted by molar-refractivity contribution is -0.138. The predicted molar refractivity (Wildman–Crippen MR) is 131 cm³/mol. The highest BCUT2D eigenvalue weighted by atomic mass is 35.5. The lowest BCUT2D eigenvalue weighted by Gasteiger charge is -2.37. The normalized spacial score (nSPS) is 25.1. The molecule has 11 heteroatoms. The number of benzene rings is 2. The maximum atomic E-state index is 14.8. The average Bonchev–Trinajstić information content (AvgIpc) is 3.23. The number of anilines is 1. The Morgan fingerprint density at radius 1 is 1.11 bits per heavy atom. The van der Waals surface area contributed by atoms with Gasteiger partial charge < -0.3 is 21.1 Å². The first kappa shape index (κ1) is 26.3. The van der Waals surface area contributed by atoms with Gasteiger partial charge in [0.05, 0.1) is 16.1 Å². The van der Waals surface area contributed by atoms with Crippen LogP contribution in [0.2, 0.25) is 10.0 Å². The van der Waals surface area contributed by atoms with Crippen LogP contribution in [0.3, 0.4) is 0 Å². The van der Waals surface area contributed by atoms with Crippen molar-refractivity contribution in [1.29, 1.82) is 0 Å². The molecular weight excluding hydrogens is 515 g/mol. The molecular formula is C25H25Cl2F2N3O4. The topological polar surface area (TPSA) is 108 Å². The van der Waals surface area contributed by atoms with Crippen LogP contribution >= 0.6 is 23.2 Å². The lowest BCUT2D eigenvalue weighted by Crippen LogP contribution is -2.49. The molecule has 0 unspecified atom stereocenters. The number of carbonyl (C=O) groups is 3. The van der Waals surface area contributed by atoms with Crippen molar-refractivity contribution in [2.24, 2.45) is 5.41 Å². The molecule has 36 heavy (non-hydrogen) atoms. The van der Waals surface area contributed by atoms with Crippen LogP contribution in [-0.4, -0.2) is 41.5 Å². The maximum absolute atomic E-state index is 14.8. The number of aliphatic carboxylic acids is 1. The number of carboxylic acids is 1. The second kappa shape index (κ2) is 9.28.